The minimum atomic E-state index is -0.879. The minimum Gasteiger partial charge on any atom is -0.387 e. The molecule has 4 aromatic carbocycles. The molecule has 1 aliphatic heterocycles. The quantitative estimate of drug-likeness (QED) is 0.386. The summed E-state index contributed by atoms with van der Waals surface area (Å²) < 4.78 is 5.67. The van der Waals surface area contributed by atoms with E-state index in [0.29, 0.717) is 0 Å². The van der Waals surface area contributed by atoms with Gasteiger partial charge in [-0.25, -0.2) is 0 Å². The molecule has 0 amide bonds. The number of fused-ring (bicyclic) bond motifs is 4. The molecule has 1 aliphatic carbocycles. The fourth-order valence-electron chi connectivity index (χ4n) is 4.40. The van der Waals surface area contributed by atoms with Crippen LogP contribution in [-0.4, -0.2) is 22.4 Å². The van der Waals surface area contributed by atoms with Crippen molar-refractivity contribution in [2.45, 2.75) is 24.4 Å². The summed E-state index contributed by atoms with van der Waals surface area (Å²) in [5.74, 6) is 0. The molecule has 1 saturated heterocycles. The highest BCUT2D eigenvalue weighted by molar-refractivity contribution is 6.23. The number of hydrogen-bond acceptors (Lipinski definition) is 3. The minimum absolute atomic E-state index is 0.0898. The van der Waals surface area contributed by atoms with Crippen LogP contribution in [0.4, 0.5) is 0 Å². The van der Waals surface area contributed by atoms with Crippen LogP contribution in [0.1, 0.15) is 23.3 Å². The van der Waals surface area contributed by atoms with Gasteiger partial charge in [0, 0.05) is 0 Å². The molecule has 23 heavy (non-hydrogen) atoms. The number of hydrogen-bond donors (Lipinski definition) is 2. The lowest BCUT2D eigenvalue weighted by Gasteiger charge is -2.25. The summed E-state index contributed by atoms with van der Waals surface area (Å²) in [6, 6.07) is 16.9. The summed E-state index contributed by atoms with van der Waals surface area (Å²) in [6.07, 6.45) is -2.07. The summed E-state index contributed by atoms with van der Waals surface area (Å²) in [6.45, 7) is 0. The van der Waals surface area contributed by atoms with E-state index in [1.807, 2.05) is 6.07 Å². The van der Waals surface area contributed by atoms with E-state index in [4.69, 9.17) is 4.74 Å². The Bertz CT molecular complexity index is 1080. The van der Waals surface area contributed by atoms with Gasteiger partial charge in [0.2, 0.25) is 0 Å². The van der Waals surface area contributed by atoms with Crippen molar-refractivity contribution in [3.05, 3.63) is 59.7 Å². The molecule has 0 radical (unpaired) electrons. The van der Waals surface area contributed by atoms with E-state index < -0.39 is 12.2 Å². The van der Waals surface area contributed by atoms with Crippen LogP contribution in [0.2, 0.25) is 0 Å². The third kappa shape index (κ3) is 1.36. The van der Waals surface area contributed by atoms with E-state index in [0.717, 1.165) is 21.9 Å². The molecule has 3 heteroatoms. The van der Waals surface area contributed by atoms with Gasteiger partial charge in [-0.15, -0.1) is 0 Å². The molecule has 0 aromatic heterocycles. The van der Waals surface area contributed by atoms with Crippen molar-refractivity contribution >= 4 is 32.3 Å². The van der Waals surface area contributed by atoms with E-state index in [-0.39, 0.29) is 12.2 Å². The predicted octanol–water partition coefficient (Wildman–Crippen LogP) is 3.43. The molecule has 1 fully saturated rings. The molecule has 1 heterocycles. The summed E-state index contributed by atoms with van der Waals surface area (Å²) in [4.78, 5) is 0. The Morgan fingerprint density at radius 2 is 1.57 bits per heavy atom. The van der Waals surface area contributed by atoms with Crippen LogP contribution in [0.25, 0.3) is 32.3 Å². The zero-order valence-electron chi connectivity index (χ0n) is 12.2. The predicted molar refractivity (Wildman–Crippen MR) is 88.7 cm³/mol. The smallest absolute Gasteiger partial charge is 0.118 e. The van der Waals surface area contributed by atoms with Crippen molar-refractivity contribution in [1.82, 2.24) is 0 Å². The number of ether oxygens (including phenoxy) is 1. The molecular formula is C20H14O3. The maximum atomic E-state index is 10.5. The van der Waals surface area contributed by atoms with Crippen LogP contribution in [0.15, 0.2) is 48.5 Å². The molecule has 4 aromatic rings. The molecule has 3 nitrogen and oxygen atoms in total. The Balaban J connectivity index is 1.86. The highest BCUT2D eigenvalue weighted by atomic mass is 16.6. The van der Waals surface area contributed by atoms with Crippen LogP contribution in [0.5, 0.6) is 0 Å². The SMILES string of the molecule is O[C@@H]1C2OC2c2c(cc3ccc4cccc5ccc2c3c45)[C@@H]1O. The zero-order valence-corrected chi connectivity index (χ0v) is 12.2. The van der Waals surface area contributed by atoms with E-state index >= 15 is 0 Å². The highest BCUT2D eigenvalue weighted by Crippen LogP contribution is 2.54. The topological polar surface area (TPSA) is 53.0 Å². The molecule has 112 valence electrons. The monoisotopic (exact) mass is 302 g/mol. The van der Waals surface area contributed by atoms with Gasteiger partial charge in [-0.2, -0.15) is 0 Å². The molecule has 4 atom stereocenters. The molecule has 0 spiro atoms. The summed E-state index contributed by atoms with van der Waals surface area (Å²) in [5.41, 5.74) is 1.86. The van der Waals surface area contributed by atoms with Crippen molar-refractivity contribution < 1.29 is 14.9 Å². The molecule has 0 bridgehead atoms. The van der Waals surface area contributed by atoms with Crippen molar-refractivity contribution in [2.75, 3.05) is 0 Å². The van der Waals surface area contributed by atoms with E-state index in [1.54, 1.807) is 0 Å². The van der Waals surface area contributed by atoms with Gasteiger partial charge < -0.3 is 14.9 Å². The van der Waals surface area contributed by atoms with Gasteiger partial charge in [0.15, 0.2) is 0 Å². The fourth-order valence-corrected chi connectivity index (χ4v) is 4.40. The van der Waals surface area contributed by atoms with Gasteiger partial charge in [-0.3, -0.25) is 0 Å². The highest BCUT2D eigenvalue weighted by Gasteiger charge is 2.54. The van der Waals surface area contributed by atoms with Crippen LogP contribution in [-0.2, 0) is 4.74 Å². The lowest BCUT2D eigenvalue weighted by atomic mass is 9.81. The van der Waals surface area contributed by atoms with Gasteiger partial charge in [0.25, 0.3) is 0 Å². The first-order valence-electron chi connectivity index (χ1n) is 7.96. The third-order valence-electron chi connectivity index (χ3n) is 5.51. The van der Waals surface area contributed by atoms with E-state index in [1.165, 1.54) is 21.5 Å². The Morgan fingerprint density at radius 3 is 2.39 bits per heavy atom. The average Bonchev–Trinajstić information content (AvgIpc) is 3.37. The van der Waals surface area contributed by atoms with Crippen molar-refractivity contribution in [1.29, 1.82) is 0 Å². The number of rotatable bonds is 0. The van der Waals surface area contributed by atoms with Gasteiger partial charge in [-0.1, -0.05) is 42.5 Å². The number of aliphatic hydroxyl groups excluding tert-OH is 2. The molecule has 6 rings (SSSR count). The van der Waals surface area contributed by atoms with Crippen molar-refractivity contribution in [3.8, 4) is 0 Å². The second-order valence-electron chi connectivity index (χ2n) is 6.69. The van der Waals surface area contributed by atoms with Crippen molar-refractivity contribution in [2.24, 2.45) is 0 Å². The van der Waals surface area contributed by atoms with E-state index in [2.05, 4.69) is 42.5 Å². The number of epoxide rings is 1. The summed E-state index contributed by atoms with van der Waals surface area (Å²) in [7, 11) is 0. The maximum absolute atomic E-state index is 10.5. The van der Waals surface area contributed by atoms with Crippen molar-refractivity contribution in [3.63, 3.8) is 0 Å². The van der Waals surface area contributed by atoms with Crippen LogP contribution in [0.3, 0.4) is 0 Å². The molecular weight excluding hydrogens is 288 g/mol. The summed E-state index contributed by atoms with van der Waals surface area (Å²) >= 11 is 0. The first kappa shape index (κ1) is 12.3. The number of benzene rings is 4. The second-order valence-corrected chi connectivity index (χ2v) is 6.69. The first-order valence-corrected chi connectivity index (χ1v) is 7.96. The van der Waals surface area contributed by atoms with E-state index in [9.17, 15) is 10.2 Å². The molecule has 0 saturated carbocycles. The largest absolute Gasteiger partial charge is 0.387 e. The standard InChI is InChI=1S/C20H14O3/c21-17-13-8-11-5-4-9-2-1-3-10-6-7-12(15(11)14(9)10)16(13)19-20(23-19)18(17)22/h1-8,17-22H/t17-,18-,19?,20?/m0/s1. The van der Waals surface area contributed by atoms with Gasteiger partial charge >= 0.3 is 0 Å². The fraction of sp³-hybridized carbons (Fsp3) is 0.200. The van der Waals surface area contributed by atoms with Gasteiger partial charge in [0.05, 0.1) is 0 Å². The lowest BCUT2D eigenvalue weighted by Crippen LogP contribution is -2.29. The van der Waals surface area contributed by atoms with Crippen LogP contribution < -0.4 is 0 Å². The molecule has 2 N–H and O–H groups in total. The summed E-state index contributed by atoms with van der Waals surface area (Å²) in [5, 5.41) is 27.8. The maximum Gasteiger partial charge on any atom is 0.118 e. The average molecular weight is 302 g/mol. The Kier molecular flexibility index (Phi) is 2.03. The zero-order chi connectivity index (χ0) is 15.3. The van der Waals surface area contributed by atoms with Gasteiger partial charge in [-0.05, 0) is 49.5 Å². The van der Waals surface area contributed by atoms with Crippen LogP contribution in [0, 0.1) is 0 Å². The van der Waals surface area contributed by atoms with Crippen LogP contribution >= 0.6 is 0 Å². The first-order chi connectivity index (χ1) is 11.2. The Labute approximate surface area is 132 Å². The Morgan fingerprint density at radius 1 is 0.826 bits per heavy atom. The molecule has 2 aliphatic rings. The normalized spacial score (nSPS) is 29.1. The number of aliphatic hydroxyl groups is 2. The third-order valence-corrected chi connectivity index (χ3v) is 5.51. The van der Waals surface area contributed by atoms with Gasteiger partial charge in [0.1, 0.15) is 24.4 Å². The lowest BCUT2D eigenvalue weighted by molar-refractivity contribution is 0.000163. The second kappa shape index (κ2) is 3.82. The Hall–Kier alpha value is -2.20. The molecule has 2 unspecified atom stereocenters.